The second-order valence-electron chi connectivity index (χ2n) is 16.5. The van der Waals surface area contributed by atoms with Gasteiger partial charge in [0.1, 0.15) is 0 Å². The molecule has 4 nitrogen and oxygen atoms in total. The number of allylic oxidation sites excluding steroid dienone is 21. The van der Waals surface area contributed by atoms with Gasteiger partial charge in [0.05, 0.1) is 18.8 Å². The second kappa shape index (κ2) is 51.9. The highest BCUT2D eigenvalue weighted by Gasteiger charge is 2.17. The van der Waals surface area contributed by atoms with Gasteiger partial charge in [0, 0.05) is 6.42 Å². The van der Waals surface area contributed by atoms with Gasteiger partial charge >= 0.3 is 0 Å². The molecular weight excluding hydrogens is 759 g/mol. The van der Waals surface area contributed by atoms with Crippen molar-refractivity contribution in [2.75, 3.05) is 6.61 Å². The van der Waals surface area contributed by atoms with E-state index >= 15 is 0 Å². The summed E-state index contributed by atoms with van der Waals surface area (Å²) < 4.78 is 0. The fraction of sp³-hybridized carbons (Fsp3) is 0.603. The van der Waals surface area contributed by atoms with Crippen LogP contribution in [0.15, 0.2) is 134 Å². The number of hydrogen-bond acceptors (Lipinski definition) is 3. The van der Waals surface area contributed by atoms with Crippen molar-refractivity contribution in [3.63, 3.8) is 0 Å². The maximum atomic E-state index is 12.4. The first kappa shape index (κ1) is 58.5. The molecule has 350 valence electrons. The Morgan fingerprint density at radius 2 is 0.726 bits per heavy atom. The Morgan fingerprint density at radius 1 is 0.403 bits per heavy atom. The predicted octanol–water partition coefficient (Wildman–Crippen LogP) is 16.7. The van der Waals surface area contributed by atoms with Crippen LogP contribution in [0.3, 0.4) is 0 Å². The second-order valence-corrected chi connectivity index (χ2v) is 16.5. The summed E-state index contributed by atoms with van der Waals surface area (Å²) in [4.78, 5) is 12.4. The quantitative estimate of drug-likeness (QED) is 0.0422. The Bertz CT molecular complexity index is 1290. The monoisotopic (exact) mass is 854 g/mol. The zero-order chi connectivity index (χ0) is 44.9. The van der Waals surface area contributed by atoms with Crippen molar-refractivity contribution in [2.24, 2.45) is 0 Å². The number of unbranched alkanes of at least 4 members (excludes halogenated alkanes) is 17. The minimum Gasteiger partial charge on any atom is -0.394 e. The summed E-state index contributed by atoms with van der Waals surface area (Å²) in [5, 5.41) is 22.9. The van der Waals surface area contributed by atoms with E-state index in [1.54, 1.807) is 6.08 Å². The van der Waals surface area contributed by atoms with E-state index in [-0.39, 0.29) is 12.5 Å². The maximum absolute atomic E-state index is 12.4. The van der Waals surface area contributed by atoms with E-state index in [0.29, 0.717) is 6.42 Å². The third kappa shape index (κ3) is 47.6. The van der Waals surface area contributed by atoms with Crippen LogP contribution in [0.4, 0.5) is 0 Å². The van der Waals surface area contributed by atoms with Crippen molar-refractivity contribution in [1.82, 2.24) is 5.32 Å². The average Bonchev–Trinajstić information content (AvgIpc) is 3.28. The Labute approximate surface area is 383 Å². The van der Waals surface area contributed by atoms with Crippen LogP contribution in [0, 0.1) is 0 Å². The lowest BCUT2D eigenvalue weighted by Gasteiger charge is -2.19. The number of hydrogen-bond donors (Lipinski definition) is 3. The first-order chi connectivity index (χ1) is 30.7. The Kier molecular flexibility index (Phi) is 49.0. The minimum atomic E-state index is -0.867. The molecule has 0 saturated carbocycles. The van der Waals surface area contributed by atoms with E-state index in [4.69, 9.17) is 0 Å². The van der Waals surface area contributed by atoms with Gasteiger partial charge in [-0.2, -0.15) is 0 Å². The summed E-state index contributed by atoms with van der Waals surface area (Å²) in [7, 11) is 0. The molecule has 0 saturated heterocycles. The van der Waals surface area contributed by atoms with Crippen LogP contribution in [-0.4, -0.2) is 34.9 Å². The lowest BCUT2D eigenvalue weighted by Crippen LogP contribution is -2.45. The SMILES string of the molecule is CC/C=C\C/C=C\C/C=C\C/C=C\C/C=C\C/C=C\C/C=C\C/C=C\C/C=C\CCCCCCCCCCCCCCCC(=O)NC(CO)C(O)/C=C/CC/C=C/CCCCC. The number of nitrogens with one attached hydrogen (secondary N) is 1. The standard InChI is InChI=1S/C58H95NO3/c1-3-5-7-9-11-13-14-15-16-17-18-19-20-21-22-23-24-25-26-27-28-29-30-31-32-33-34-35-36-37-38-39-40-41-42-43-44-46-48-50-52-54-58(62)59-56(55-60)57(61)53-51-49-47-45-12-10-8-6-4-2/h5,7,11-13,15-16,18-19,21-22,24-25,27-28,30-31,33-34,45,51,53,56-57,60-61H,3-4,6,8-10,14,17,20,23,26,29,32,35-44,46-50,52,54-55H2,1-2H3,(H,59,62)/b7-5-,13-11-,16-15-,19-18-,22-21-,25-24-,28-27-,31-30-,34-33-,45-12+,53-51+. The van der Waals surface area contributed by atoms with Crippen molar-refractivity contribution in [3.8, 4) is 0 Å². The molecule has 0 bridgehead atoms. The molecule has 0 aromatic heterocycles. The van der Waals surface area contributed by atoms with Crippen LogP contribution in [-0.2, 0) is 4.79 Å². The number of carbonyl (C=O) groups is 1. The molecule has 0 aliphatic carbocycles. The van der Waals surface area contributed by atoms with Crippen LogP contribution in [0.5, 0.6) is 0 Å². The smallest absolute Gasteiger partial charge is 0.220 e. The highest BCUT2D eigenvalue weighted by Crippen LogP contribution is 2.14. The van der Waals surface area contributed by atoms with Crippen LogP contribution >= 0.6 is 0 Å². The Balaban J connectivity index is 3.57. The summed E-state index contributed by atoms with van der Waals surface area (Å²) in [5.74, 6) is -0.0841. The Morgan fingerprint density at radius 3 is 1.13 bits per heavy atom. The van der Waals surface area contributed by atoms with Gasteiger partial charge in [-0.05, 0) is 103 Å². The van der Waals surface area contributed by atoms with Crippen LogP contribution in [0.1, 0.15) is 206 Å². The summed E-state index contributed by atoms with van der Waals surface area (Å²) in [6, 6.07) is -0.645. The third-order valence-electron chi connectivity index (χ3n) is 10.6. The molecule has 3 N–H and O–H groups in total. The van der Waals surface area contributed by atoms with Crippen molar-refractivity contribution in [2.45, 2.75) is 219 Å². The largest absolute Gasteiger partial charge is 0.394 e. The number of amides is 1. The van der Waals surface area contributed by atoms with Gasteiger partial charge < -0.3 is 15.5 Å². The average molecular weight is 854 g/mol. The van der Waals surface area contributed by atoms with E-state index in [2.05, 4.69) is 141 Å². The molecule has 0 aliphatic rings. The molecule has 0 aromatic carbocycles. The molecule has 0 spiro atoms. The highest BCUT2D eigenvalue weighted by molar-refractivity contribution is 5.76. The maximum Gasteiger partial charge on any atom is 0.220 e. The van der Waals surface area contributed by atoms with E-state index in [0.717, 1.165) is 89.9 Å². The first-order valence-corrected chi connectivity index (χ1v) is 25.4. The molecule has 2 unspecified atom stereocenters. The normalized spacial score (nSPS) is 14.1. The highest BCUT2D eigenvalue weighted by atomic mass is 16.3. The van der Waals surface area contributed by atoms with E-state index in [1.165, 1.54) is 96.3 Å². The van der Waals surface area contributed by atoms with Crippen LogP contribution < -0.4 is 5.32 Å². The first-order valence-electron chi connectivity index (χ1n) is 25.4. The molecule has 0 rings (SSSR count). The topological polar surface area (TPSA) is 69.6 Å². The van der Waals surface area contributed by atoms with Gasteiger partial charge in [-0.25, -0.2) is 0 Å². The van der Waals surface area contributed by atoms with E-state index in [9.17, 15) is 15.0 Å². The molecule has 62 heavy (non-hydrogen) atoms. The Hall–Kier alpha value is -3.47. The number of carbonyl (C=O) groups excluding carboxylic acids is 1. The van der Waals surface area contributed by atoms with Gasteiger partial charge in [0.2, 0.25) is 5.91 Å². The summed E-state index contributed by atoms with van der Waals surface area (Å²) in [6.07, 6.45) is 81.7. The van der Waals surface area contributed by atoms with Gasteiger partial charge in [-0.3, -0.25) is 4.79 Å². The molecule has 0 fully saturated rings. The third-order valence-corrected chi connectivity index (χ3v) is 10.6. The fourth-order valence-corrected chi connectivity index (χ4v) is 6.77. The molecular formula is C58H95NO3. The predicted molar refractivity (Wildman–Crippen MR) is 275 cm³/mol. The van der Waals surface area contributed by atoms with Gasteiger partial charge in [0.15, 0.2) is 0 Å². The van der Waals surface area contributed by atoms with Crippen LogP contribution in [0.25, 0.3) is 0 Å². The van der Waals surface area contributed by atoms with Gasteiger partial charge in [-0.1, -0.05) is 231 Å². The zero-order valence-corrected chi connectivity index (χ0v) is 40.1. The van der Waals surface area contributed by atoms with Gasteiger partial charge in [0.25, 0.3) is 0 Å². The minimum absolute atomic E-state index is 0.0841. The molecule has 0 aliphatic heterocycles. The van der Waals surface area contributed by atoms with Crippen molar-refractivity contribution < 1.29 is 15.0 Å². The molecule has 0 radical (unpaired) electrons. The molecule has 0 heterocycles. The van der Waals surface area contributed by atoms with E-state index in [1.807, 2.05) is 6.08 Å². The molecule has 4 heteroatoms. The summed E-state index contributed by atoms with van der Waals surface area (Å²) in [5.41, 5.74) is 0. The molecule has 2 atom stereocenters. The van der Waals surface area contributed by atoms with Gasteiger partial charge in [-0.15, -0.1) is 0 Å². The van der Waals surface area contributed by atoms with Crippen molar-refractivity contribution >= 4 is 5.91 Å². The lowest BCUT2D eigenvalue weighted by molar-refractivity contribution is -0.123. The van der Waals surface area contributed by atoms with E-state index < -0.39 is 12.1 Å². The van der Waals surface area contributed by atoms with Crippen molar-refractivity contribution in [3.05, 3.63) is 134 Å². The molecule has 0 aromatic rings. The number of aliphatic hydroxyl groups is 2. The summed E-state index contributed by atoms with van der Waals surface area (Å²) >= 11 is 0. The fourth-order valence-electron chi connectivity index (χ4n) is 6.77. The molecule has 1 amide bonds. The number of rotatable bonds is 44. The van der Waals surface area contributed by atoms with Crippen molar-refractivity contribution in [1.29, 1.82) is 0 Å². The zero-order valence-electron chi connectivity index (χ0n) is 40.1. The summed E-state index contributed by atoms with van der Waals surface area (Å²) in [6.45, 7) is 4.11. The number of aliphatic hydroxyl groups excluding tert-OH is 2. The van der Waals surface area contributed by atoms with Crippen LogP contribution in [0.2, 0.25) is 0 Å². The lowest BCUT2D eigenvalue weighted by atomic mass is 10.0.